The molecule has 0 radical (unpaired) electrons. The van der Waals surface area contributed by atoms with Gasteiger partial charge in [-0.2, -0.15) is 5.26 Å². The molecule has 22 heavy (non-hydrogen) atoms. The molecule has 3 aromatic carbocycles. The Kier molecular flexibility index (Phi) is 4.18. The Morgan fingerprint density at radius 3 is 2.36 bits per heavy atom. The summed E-state index contributed by atoms with van der Waals surface area (Å²) in [4.78, 5) is 0. The van der Waals surface area contributed by atoms with E-state index in [2.05, 4.69) is 48.5 Å². The summed E-state index contributed by atoms with van der Waals surface area (Å²) >= 11 is 0. The molecule has 3 aromatic rings. The van der Waals surface area contributed by atoms with Gasteiger partial charge in [-0.05, 0) is 47.0 Å². The van der Waals surface area contributed by atoms with Crippen molar-refractivity contribution in [2.24, 2.45) is 5.73 Å². The van der Waals surface area contributed by atoms with Gasteiger partial charge in [0.2, 0.25) is 0 Å². The fourth-order valence-electron chi connectivity index (χ4n) is 2.93. The van der Waals surface area contributed by atoms with Crippen LogP contribution in [0, 0.1) is 11.3 Å². The Hall–Kier alpha value is -2.63. The Labute approximate surface area is 130 Å². The Morgan fingerprint density at radius 2 is 1.64 bits per heavy atom. The predicted molar refractivity (Wildman–Crippen MR) is 90.6 cm³/mol. The molecule has 3 rings (SSSR count). The quantitative estimate of drug-likeness (QED) is 0.788. The molecule has 0 saturated heterocycles. The van der Waals surface area contributed by atoms with E-state index >= 15 is 0 Å². The van der Waals surface area contributed by atoms with Crippen LogP contribution in [0.1, 0.15) is 22.6 Å². The SMILES string of the molecule is N#Cc1ccc(CC(CN)c2cccc3ccccc23)cc1. The molecule has 2 heteroatoms. The van der Waals surface area contributed by atoms with Crippen molar-refractivity contribution in [2.45, 2.75) is 12.3 Å². The summed E-state index contributed by atoms with van der Waals surface area (Å²) in [5, 5.41) is 11.4. The van der Waals surface area contributed by atoms with Crippen LogP contribution in [-0.4, -0.2) is 6.54 Å². The summed E-state index contributed by atoms with van der Waals surface area (Å²) in [6.07, 6.45) is 0.885. The third-order valence-corrected chi connectivity index (χ3v) is 4.11. The zero-order valence-electron chi connectivity index (χ0n) is 12.4. The third kappa shape index (κ3) is 2.86. The standard InChI is InChI=1S/C20H18N2/c21-13-16-10-8-15(9-11-16)12-18(14-22)20-7-3-5-17-4-1-2-6-19(17)20/h1-11,18H,12,14,22H2. The topological polar surface area (TPSA) is 49.8 Å². The van der Waals surface area contributed by atoms with E-state index in [-0.39, 0.29) is 5.92 Å². The summed E-state index contributed by atoms with van der Waals surface area (Å²) in [5.74, 6) is 0.277. The van der Waals surface area contributed by atoms with Crippen molar-refractivity contribution in [2.75, 3.05) is 6.54 Å². The van der Waals surface area contributed by atoms with Gasteiger partial charge in [0.25, 0.3) is 0 Å². The lowest BCUT2D eigenvalue weighted by Crippen LogP contribution is -2.15. The van der Waals surface area contributed by atoms with Gasteiger partial charge in [0.15, 0.2) is 0 Å². The van der Waals surface area contributed by atoms with Crippen molar-refractivity contribution in [3.8, 4) is 6.07 Å². The third-order valence-electron chi connectivity index (χ3n) is 4.11. The summed E-state index contributed by atoms with van der Waals surface area (Å²) < 4.78 is 0. The Morgan fingerprint density at radius 1 is 0.909 bits per heavy atom. The summed E-state index contributed by atoms with van der Waals surface area (Å²) in [5.41, 5.74) is 9.25. The molecular weight excluding hydrogens is 268 g/mol. The Balaban J connectivity index is 1.94. The number of nitriles is 1. The molecular formula is C20H18N2. The summed E-state index contributed by atoms with van der Waals surface area (Å²) in [6, 6.07) is 24.7. The van der Waals surface area contributed by atoms with Crippen LogP contribution in [0.25, 0.3) is 10.8 Å². The molecule has 0 aliphatic carbocycles. The van der Waals surface area contributed by atoms with Gasteiger partial charge in [-0.15, -0.1) is 0 Å². The average molecular weight is 286 g/mol. The van der Waals surface area contributed by atoms with Crippen LogP contribution in [-0.2, 0) is 6.42 Å². The molecule has 0 spiro atoms. The first-order valence-corrected chi connectivity index (χ1v) is 7.48. The molecule has 0 fully saturated rings. The number of hydrogen-bond acceptors (Lipinski definition) is 2. The predicted octanol–water partition coefficient (Wildman–Crippen LogP) is 4.00. The van der Waals surface area contributed by atoms with Crippen molar-refractivity contribution in [1.29, 1.82) is 5.26 Å². The smallest absolute Gasteiger partial charge is 0.0991 e. The van der Waals surface area contributed by atoms with Gasteiger partial charge >= 0.3 is 0 Å². The molecule has 2 N–H and O–H groups in total. The van der Waals surface area contributed by atoms with Crippen LogP contribution in [0.3, 0.4) is 0 Å². The van der Waals surface area contributed by atoms with Crippen LogP contribution in [0.4, 0.5) is 0 Å². The van der Waals surface area contributed by atoms with Crippen LogP contribution in [0.15, 0.2) is 66.7 Å². The highest BCUT2D eigenvalue weighted by Crippen LogP contribution is 2.27. The van der Waals surface area contributed by atoms with E-state index in [0.29, 0.717) is 12.1 Å². The first-order chi connectivity index (χ1) is 10.8. The number of nitrogens with two attached hydrogens (primary N) is 1. The van der Waals surface area contributed by atoms with E-state index < -0.39 is 0 Å². The van der Waals surface area contributed by atoms with E-state index in [4.69, 9.17) is 11.0 Å². The lowest BCUT2D eigenvalue weighted by molar-refractivity contribution is 0.699. The van der Waals surface area contributed by atoms with Gasteiger partial charge in [-0.3, -0.25) is 0 Å². The molecule has 0 amide bonds. The van der Waals surface area contributed by atoms with Gasteiger partial charge in [0.05, 0.1) is 11.6 Å². The molecule has 108 valence electrons. The number of rotatable bonds is 4. The van der Waals surface area contributed by atoms with Crippen molar-refractivity contribution in [1.82, 2.24) is 0 Å². The van der Waals surface area contributed by atoms with Gasteiger partial charge in [0.1, 0.15) is 0 Å². The minimum atomic E-state index is 0.277. The van der Waals surface area contributed by atoms with Crippen molar-refractivity contribution in [3.05, 3.63) is 83.4 Å². The highest BCUT2D eigenvalue weighted by molar-refractivity contribution is 5.86. The molecule has 1 atom stereocenters. The highest BCUT2D eigenvalue weighted by atomic mass is 14.5. The van der Waals surface area contributed by atoms with Crippen molar-refractivity contribution < 1.29 is 0 Å². The summed E-state index contributed by atoms with van der Waals surface area (Å²) in [7, 11) is 0. The van der Waals surface area contributed by atoms with Crippen LogP contribution < -0.4 is 5.73 Å². The molecule has 0 bridgehead atoms. The zero-order valence-corrected chi connectivity index (χ0v) is 12.4. The Bertz CT molecular complexity index is 808. The molecule has 2 nitrogen and oxygen atoms in total. The number of nitrogens with zero attached hydrogens (tertiary/aromatic N) is 1. The van der Waals surface area contributed by atoms with Gasteiger partial charge in [0, 0.05) is 5.92 Å². The molecule has 0 saturated carbocycles. The minimum absolute atomic E-state index is 0.277. The van der Waals surface area contributed by atoms with E-state index in [9.17, 15) is 0 Å². The van der Waals surface area contributed by atoms with Crippen LogP contribution >= 0.6 is 0 Å². The minimum Gasteiger partial charge on any atom is -0.330 e. The number of hydrogen-bond donors (Lipinski definition) is 1. The van der Waals surface area contributed by atoms with Gasteiger partial charge in [-0.1, -0.05) is 54.6 Å². The first kappa shape index (κ1) is 14.3. The maximum atomic E-state index is 8.88. The van der Waals surface area contributed by atoms with E-state index in [1.807, 2.05) is 24.3 Å². The summed E-state index contributed by atoms with van der Waals surface area (Å²) in [6.45, 7) is 0.605. The second-order valence-electron chi connectivity index (χ2n) is 5.51. The van der Waals surface area contributed by atoms with Crippen molar-refractivity contribution in [3.63, 3.8) is 0 Å². The molecule has 1 unspecified atom stereocenters. The largest absolute Gasteiger partial charge is 0.330 e. The van der Waals surface area contributed by atoms with Gasteiger partial charge in [-0.25, -0.2) is 0 Å². The molecule has 0 heterocycles. The highest BCUT2D eigenvalue weighted by Gasteiger charge is 2.13. The molecule has 0 aromatic heterocycles. The second-order valence-corrected chi connectivity index (χ2v) is 5.51. The first-order valence-electron chi connectivity index (χ1n) is 7.48. The fraction of sp³-hybridized carbons (Fsp3) is 0.150. The number of fused-ring (bicyclic) bond motifs is 1. The lowest BCUT2D eigenvalue weighted by atomic mass is 9.88. The van der Waals surface area contributed by atoms with E-state index in [0.717, 1.165) is 6.42 Å². The molecule has 0 aliphatic rings. The van der Waals surface area contributed by atoms with Crippen molar-refractivity contribution >= 4 is 10.8 Å². The van der Waals surface area contributed by atoms with Crippen LogP contribution in [0.5, 0.6) is 0 Å². The maximum Gasteiger partial charge on any atom is 0.0991 e. The molecule has 0 aliphatic heterocycles. The van der Waals surface area contributed by atoms with Gasteiger partial charge < -0.3 is 5.73 Å². The number of benzene rings is 3. The monoisotopic (exact) mass is 286 g/mol. The lowest BCUT2D eigenvalue weighted by Gasteiger charge is -2.18. The fourth-order valence-corrected chi connectivity index (χ4v) is 2.93. The second kappa shape index (κ2) is 6.43. The normalized spacial score (nSPS) is 12.0. The van der Waals surface area contributed by atoms with E-state index in [1.54, 1.807) is 0 Å². The van der Waals surface area contributed by atoms with Crippen LogP contribution in [0.2, 0.25) is 0 Å². The maximum absolute atomic E-state index is 8.88. The van der Waals surface area contributed by atoms with E-state index in [1.165, 1.54) is 21.9 Å². The average Bonchev–Trinajstić information content (AvgIpc) is 2.60. The zero-order chi connectivity index (χ0) is 15.4.